The summed E-state index contributed by atoms with van der Waals surface area (Å²) in [6.07, 6.45) is 1.30. The number of likely N-dealkylation sites (N-methyl/N-ethyl adjacent to an activating group) is 1. The second-order valence-corrected chi connectivity index (χ2v) is 6.55. The minimum atomic E-state index is 0.496. The van der Waals surface area contributed by atoms with Crippen LogP contribution in [0.25, 0.3) is 0 Å². The Bertz CT molecular complexity index is 363. The number of thioether (sulfide) groups is 1. The van der Waals surface area contributed by atoms with Crippen LogP contribution in [0.5, 0.6) is 0 Å². The Hall–Kier alpha value is -0.220. The van der Waals surface area contributed by atoms with E-state index in [0.717, 1.165) is 24.0 Å². The predicted molar refractivity (Wildman–Crippen MR) is 81.2 cm³/mol. The predicted octanol–water partition coefficient (Wildman–Crippen LogP) is 2.85. The van der Waals surface area contributed by atoms with Gasteiger partial charge in [-0.05, 0) is 48.6 Å². The lowest BCUT2D eigenvalue weighted by atomic mass is 9.97. The molecule has 2 atom stereocenters. The van der Waals surface area contributed by atoms with Gasteiger partial charge < -0.3 is 5.73 Å². The zero-order chi connectivity index (χ0) is 13.0. The maximum absolute atomic E-state index is 5.96. The molecule has 0 saturated carbocycles. The number of nitrogens with zero attached hydrogens (tertiary/aromatic N) is 1. The second kappa shape index (κ2) is 6.80. The average molecular weight is 285 g/mol. The highest BCUT2D eigenvalue weighted by molar-refractivity contribution is 7.99. The quantitative estimate of drug-likeness (QED) is 0.902. The van der Waals surface area contributed by atoms with Crippen LogP contribution in [0.3, 0.4) is 0 Å². The molecule has 0 aromatic heterocycles. The standard InChI is InChI=1S/C14H21ClN2S/c1-17(9-11-2-4-13(15)5-3-11)14(8-16)12-6-7-18-10-12/h2-5,12,14H,6-10,16H2,1H3. The molecule has 1 aliphatic rings. The first-order valence-corrected chi connectivity index (χ1v) is 7.96. The van der Waals surface area contributed by atoms with E-state index in [9.17, 15) is 0 Å². The van der Waals surface area contributed by atoms with Gasteiger partial charge in [0, 0.05) is 24.2 Å². The number of hydrogen-bond donors (Lipinski definition) is 1. The molecule has 1 aromatic rings. The third-order valence-electron chi connectivity index (χ3n) is 3.66. The summed E-state index contributed by atoms with van der Waals surface area (Å²) in [6.45, 7) is 1.69. The fourth-order valence-electron chi connectivity index (χ4n) is 2.58. The molecule has 2 unspecified atom stereocenters. The molecule has 0 radical (unpaired) electrons. The summed E-state index contributed by atoms with van der Waals surface area (Å²) >= 11 is 7.96. The van der Waals surface area contributed by atoms with Crippen molar-refractivity contribution in [3.05, 3.63) is 34.9 Å². The van der Waals surface area contributed by atoms with Gasteiger partial charge in [0.2, 0.25) is 0 Å². The van der Waals surface area contributed by atoms with Crippen LogP contribution in [0.1, 0.15) is 12.0 Å². The molecule has 0 amide bonds. The molecule has 18 heavy (non-hydrogen) atoms. The molecule has 4 heteroatoms. The lowest BCUT2D eigenvalue weighted by molar-refractivity contribution is 0.184. The van der Waals surface area contributed by atoms with E-state index in [1.165, 1.54) is 23.5 Å². The Labute approximate surface area is 119 Å². The molecule has 2 rings (SSSR count). The van der Waals surface area contributed by atoms with Gasteiger partial charge in [-0.1, -0.05) is 23.7 Å². The highest BCUT2D eigenvalue weighted by Gasteiger charge is 2.27. The number of hydrogen-bond acceptors (Lipinski definition) is 3. The van der Waals surface area contributed by atoms with Gasteiger partial charge in [-0.25, -0.2) is 0 Å². The van der Waals surface area contributed by atoms with Crippen molar-refractivity contribution in [3.63, 3.8) is 0 Å². The van der Waals surface area contributed by atoms with Crippen LogP contribution in [0, 0.1) is 5.92 Å². The fraction of sp³-hybridized carbons (Fsp3) is 0.571. The van der Waals surface area contributed by atoms with Crippen LogP contribution in [-0.4, -0.2) is 36.0 Å². The number of rotatable bonds is 5. The van der Waals surface area contributed by atoms with Crippen LogP contribution in [-0.2, 0) is 6.54 Å². The molecule has 2 nitrogen and oxygen atoms in total. The van der Waals surface area contributed by atoms with Gasteiger partial charge >= 0.3 is 0 Å². The SMILES string of the molecule is CN(Cc1ccc(Cl)cc1)C(CN)C1CCSC1. The van der Waals surface area contributed by atoms with Gasteiger partial charge in [0.15, 0.2) is 0 Å². The van der Waals surface area contributed by atoms with Crippen LogP contribution >= 0.6 is 23.4 Å². The van der Waals surface area contributed by atoms with Gasteiger partial charge in [-0.3, -0.25) is 4.90 Å². The fourth-order valence-corrected chi connectivity index (χ4v) is 4.04. The second-order valence-electron chi connectivity index (χ2n) is 4.97. The highest BCUT2D eigenvalue weighted by Crippen LogP contribution is 2.28. The van der Waals surface area contributed by atoms with E-state index in [-0.39, 0.29) is 0 Å². The topological polar surface area (TPSA) is 29.3 Å². The van der Waals surface area contributed by atoms with Gasteiger partial charge in [-0.15, -0.1) is 0 Å². The Morgan fingerprint density at radius 2 is 2.17 bits per heavy atom. The number of halogens is 1. The van der Waals surface area contributed by atoms with Crippen molar-refractivity contribution in [1.82, 2.24) is 4.90 Å². The van der Waals surface area contributed by atoms with Crippen molar-refractivity contribution < 1.29 is 0 Å². The summed E-state index contributed by atoms with van der Waals surface area (Å²) in [5.74, 6) is 3.29. The van der Waals surface area contributed by atoms with Crippen molar-refractivity contribution in [2.24, 2.45) is 11.7 Å². The molecule has 0 spiro atoms. The van der Waals surface area contributed by atoms with Crippen molar-refractivity contribution in [3.8, 4) is 0 Å². The van der Waals surface area contributed by atoms with E-state index in [2.05, 4.69) is 35.8 Å². The Morgan fingerprint density at radius 3 is 2.72 bits per heavy atom. The third kappa shape index (κ3) is 3.64. The summed E-state index contributed by atoms with van der Waals surface area (Å²) < 4.78 is 0. The van der Waals surface area contributed by atoms with Gasteiger partial charge in [0.05, 0.1) is 0 Å². The van der Waals surface area contributed by atoms with Crippen molar-refractivity contribution in [2.45, 2.75) is 19.0 Å². The average Bonchev–Trinajstić information content (AvgIpc) is 2.87. The molecule has 0 bridgehead atoms. The lowest BCUT2D eigenvalue weighted by Crippen LogP contribution is -2.43. The monoisotopic (exact) mass is 284 g/mol. The molecular formula is C14H21ClN2S. The molecule has 2 N–H and O–H groups in total. The Morgan fingerprint density at radius 1 is 1.44 bits per heavy atom. The van der Waals surface area contributed by atoms with E-state index < -0.39 is 0 Å². The molecular weight excluding hydrogens is 264 g/mol. The van der Waals surface area contributed by atoms with E-state index in [1.807, 2.05) is 12.1 Å². The zero-order valence-electron chi connectivity index (χ0n) is 10.8. The summed E-state index contributed by atoms with van der Waals surface area (Å²) in [4.78, 5) is 2.39. The van der Waals surface area contributed by atoms with Gasteiger partial charge in [-0.2, -0.15) is 11.8 Å². The minimum Gasteiger partial charge on any atom is -0.329 e. The molecule has 100 valence electrons. The molecule has 1 heterocycles. The first kappa shape index (κ1) is 14.2. The van der Waals surface area contributed by atoms with E-state index in [0.29, 0.717) is 6.04 Å². The summed E-state index contributed by atoms with van der Waals surface area (Å²) in [7, 11) is 2.18. The van der Waals surface area contributed by atoms with E-state index >= 15 is 0 Å². The first-order valence-electron chi connectivity index (χ1n) is 6.43. The van der Waals surface area contributed by atoms with E-state index in [1.54, 1.807) is 0 Å². The molecule has 1 fully saturated rings. The maximum Gasteiger partial charge on any atom is 0.0406 e. The smallest absolute Gasteiger partial charge is 0.0406 e. The third-order valence-corrected chi connectivity index (χ3v) is 5.10. The van der Waals surface area contributed by atoms with Crippen LogP contribution in [0.4, 0.5) is 0 Å². The normalized spacial score (nSPS) is 21.4. The van der Waals surface area contributed by atoms with Crippen molar-refractivity contribution in [2.75, 3.05) is 25.1 Å². The summed E-state index contributed by atoms with van der Waals surface area (Å²) in [6, 6.07) is 8.59. The summed E-state index contributed by atoms with van der Waals surface area (Å²) in [5.41, 5.74) is 7.26. The Balaban J connectivity index is 1.96. The lowest BCUT2D eigenvalue weighted by Gasteiger charge is -2.31. The largest absolute Gasteiger partial charge is 0.329 e. The maximum atomic E-state index is 5.96. The Kier molecular flexibility index (Phi) is 5.37. The molecule has 1 saturated heterocycles. The zero-order valence-corrected chi connectivity index (χ0v) is 12.4. The first-order chi connectivity index (χ1) is 8.70. The highest BCUT2D eigenvalue weighted by atomic mass is 35.5. The summed E-state index contributed by atoms with van der Waals surface area (Å²) in [5, 5.41) is 0.795. The van der Waals surface area contributed by atoms with Crippen LogP contribution < -0.4 is 5.73 Å². The van der Waals surface area contributed by atoms with Gasteiger partial charge in [0.25, 0.3) is 0 Å². The van der Waals surface area contributed by atoms with Crippen molar-refractivity contribution in [1.29, 1.82) is 0 Å². The molecule has 0 aliphatic carbocycles. The number of nitrogens with two attached hydrogens (primary N) is 1. The van der Waals surface area contributed by atoms with Gasteiger partial charge in [0.1, 0.15) is 0 Å². The molecule has 1 aromatic carbocycles. The number of benzene rings is 1. The minimum absolute atomic E-state index is 0.496. The van der Waals surface area contributed by atoms with Crippen molar-refractivity contribution >= 4 is 23.4 Å². The van der Waals surface area contributed by atoms with Crippen LogP contribution in [0.15, 0.2) is 24.3 Å². The van der Waals surface area contributed by atoms with Crippen LogP contribution in [0.2, 0.25) is 5.02 Å². The van der Waals surface area contributed by atoms with E-state index in [4.69, 9.17) is 17.3 Å². The molecule has 1 aliphatic heterocycles.